The minimum atomic E-state index is 1.11. The van der Waals surface area contributed by atoms with Gasteiger partial charge >= 0.3 is 0 Å². The molecule has 1 heteroatoms. The van der Waals surface area contributed by atoms with Gasteiger partial charge < -0.3 is 4.90 Å². The minimum absolute atomic E-state index is 1.11. The largest absolute Gasteiger partial charge is 0.309 e. The summed E-state index contributed by atoms with van der Waals surface area (Å²) in [6.07, 6.45) is 7.01. The molecule has 0 saturated carbocycles. The van der Waals surface area contributed by atoms with Gasteiger partial charge in [-0.3, -0.25) is 0 Å². The predicted molar refractivity (Wildman–Crippen MR) is 97.0 cm³/mol. The highest BCUT2D eigenvalue weighted by molar-refractivity contribution is 5.65. The Morgan fingerprint density at radius 3 is 2.18 bits per heavy atom. The maximum atomic E-state index is 2.43. The molecule has 22 heavy (non-hydrogen) atoms. The third kappa shape index (κ3) is 5.87. The Hall–Kier alpha value is -1.86. The van der Waals surface area contributed by atoms with Crippen molar-refractivity contribution in [1.82, 2.24) is 4.90 Å². The molecular formula is C21H27N. The van der Waals surface area contributed by atoms with Gasteiger partial charge in [0.25, 0.3) is 0 Å². The zero-order valence-electron chi connectivity index (χ0n) is 13.8. The van der Waals surface area contributed by atoms with Crippen LogP contribution in [0.5, 0.6) is 0 Å². The summed E-state index contributed by atoms with van der Waals surface area (Å²) < 4.78 is 0. The number of rotatable bonds is 8. The summed E-state index contributed by atoms with van der Waals surface area (Å²) in [4.78, 5) is 2.26. The van der Waals surface area contributed by atoms with Gasteiger partial charge in [-0.15, -0.1) is 0 Å². The summed E-state index contributed by atoms with van der Waals surface area (Å²) in [6.45, 7) is 1.14. The molecule has 0 radical (unpaired) electrons. The zero-order valence-corrected chi connectivity index (χ0v) is 13.8. The maximum absolute atomic E-state index is 2.43. The van der Waals surface area contributed by atoms with Crippen LogP contribution in [0.3, 0.4) is 0 Å². The van der Waals surface area contributed by atoms with E-state index in [0.29, 0.717) is 0 Å². The Morgan fingerprint density at radius 2 is 1.55 bits per heavy atom. The molecule has 0 saturated heterocycles. The first-order valence-corrected chi connectivity index (χ1v) is 8.19. The molecule has 116 valence electrons. The fraction of sp³-hybridized carbons (Fsp3) is 0.333. The molecule has 0 aliphatic carbocycles. The average Bonchev–Trinajstić information content (AvgIpc) is 2.55. The van der Waals surface area contributed by atoms with Crippen LogP contribution in [-0.2, 0) is 6.42 Å². The Kier molecular flexibility index (Phi) is 6.92. The van der Waals surface area contributed by atoms with E-state index in [1.165, 1.54) is 23.1 Å². The summed E-state index contributed by atoms with van der Waals surface area (Å²) in [5.74, 6) is 0. The summed E-state index contributed by atoms with van der Waals surface area (Å²) in [7, 11) is 4.28. The van der Waals surface area contributed by atoms with Crippen molar-refractivity contribution in [2.24, 2.45) is 0 Å². The lowest BCUT2D eigenvalue weighted by Crippen LogP contribution is -2.12. The van der Waals surface area contributed by atoms with E-state index in [9.17, 15) is 0 Å². The van der Waals surface area contributed by atoms with Gasteiger partial charge in [0.2, 0.25) is 0 Å². The molecular weight excluding hydrogens is 266 g/mol. The highest BCUT2D eigenvalue weighted by atomic mass is 15.0. The van der Waals surface area contributed by atoms with E-state index >= 15 is 0 Å². The van der Waals surface area contributed by atoms with Crippen LogP contribution in [0.15, 0.2) is 66.7 Å². The van der Waals surface area contributed by atoms with Crippen LogP contribution in [0.2, 0.25) is 0 Å². The predicted octanol–water partition coefficient (Wildman–Crippen LogP) is 5.04. The third-order valence-corrected chi connectivity index (χ3v) is 3.86. The summed E-state index contributed by atoms with van der Waals surface area (Å²) in [5.41, 5.74) is 4.27. The van der Waals surface area contributed by atoms with E-state index in [4.69, 9.17) is 0 Å². The average molecular weight is 293 g/mol. The van der Waals surface area contributed by atoms with Gasteiger partial charge in [-0.1, -0.05) is 66.7 Å². The number of hydrogen-bond donors (Lipinski definition) is 0. The SMILES string of the molecule is CN(C)CCCC(=CCCc1ccccc1)c1ccccc1. The van der Waals surface area contributed by atoms with Crippen LogP contribution in [0.1, 0.15) is 30.4 Å². The van der Waals surface area contributed by atoms with Crippen LogP contribution >= 0.6 is 0 Å². The molecule has 2 rings (SSSR count). The molecule has 0 N–H and O–H groups in total. The lowest BCUT2D eigenvalue weighted by Gasteiger charge is -2.12. The highest BCUT2D eigenvalue weighted by Gasteiger charge is 2.02. The molecule has 0 bridgehead atoms. The topological polar surface area (TPSA) is 3.24 Å². The minimum Gasteiger partial charge on any atom is -0.309 e. The van der Waals surface area contributed by atoms with Gasteiger partial charge in [-0.25, -0.2) is 0 Å². The lowest BCUT2D eigenvalue weighted by atomic mass is 9.98. The molecule has 0 heterocycles. The van der Waals surface area contributed by atoms with Crippen molar-refractivity contribution in [3.05, 3.63) is 77.9 Å². The smallest absolute Gasteiger partial charge is 0.00217 e. The number of allylic oxidation sites excluding steroid dienone is 2. The molecule has 0 aromatic heterocycles. The molecule has 0 amide bonds. The van der Waals surface area contributed by atoms with E-state index in [1.54, 1.807) is 0 Å². The Labute approximate surface area is 135 Å². The van der Waals surface area contributed by atoms with E-state index in [0.717, 1.165) is 25.8 Å². The van der Waals surface area contributed by atoms with E-state index < -0.39 is 0 Å². The van der Waals surface area contributed by atoms with Crippen LogP contribution in [0.25, 0.3) is 5.57 Å². The fourth-order valence-corrected chi connectivity index (χ4v) is 2.66. The standard InChI is InChI=1S/C21H27N/c1-22(2)18-10-17-21(20-14-7-4-8-15-20)16-9-13-19-11-5-3-6-12-19/h3-8,11-12,14-16H,9-10,13,17-18H2,1-2H3. The quantitative estimate of drug-likeness (QED) is 0.658. The van der Waals surface area contributed by atoms with Crippen molar-refractivity contribution < 1.29 is 0 Å². The van der Waals surface area contributed by atoms with Crippen molar-refractivity contribution in [2.75, 3.05) is 20.6 Å². The molecule has 2 aromatic carbocycles. The number of nitrogens with zero attached hydrogens (tertiary/aromatic N) is 1. The fourth-order valence-electron chi connectivity index (χ4n) is 2.66. The first-order chi connectivity index (χ1) is 10.8. The van der Waals surface area contributed by atoms with Gasteiger partial charge in [-0.2, -0.15) is 0 Å². The van der Waals surface area contributed by atoms with Crippen LogP contribution in [0.4, 0.5) is 0 Å². The zero-order chi connectivity index (χ0) is 15.6. The van der Waals surface area contributed by atoms with E-state index in [2.05, 4.69) is 85.7 Å². The number of aryl methyl sites for hydroxylation is 1. The maximum Gasteiger partial charge on any atom is -0.00217 e. The van der Waals surface area contributed by atoms with Crippen molar-refractivity contribution in [3.8, 4) is 0 Å². The molecule has 0 aliphatic heterocycles. The summed E-state index contributed by atoms with van der Waals surface area (Å²) in [6, 6.07) is 21.5. The highest BCUT2D eigenvalue weighted by Crippen LogP contribution is 2.21. The van der Waals surface area contributed by atoms with Gasteiger partial charge in [0.1, 0.15) is 0 Å². The normalized spacial score (nSPS) is 11.9. The molecule has 2 aromatic rings. The molecule has 0 unspecified atom stereocenters. The van der Waals surface area contributed by atoms with E-state index in [1.807, 2.05) is 0 Å². The molecule has 0 spiro atoms. The third-order valence-electron chi connectivity index (χ3n) is 3.86. The second kappa shape index (κ2) is 9.22. The second-order valence-corrected chi connectivity index (χ2v) is 6.03. The summed E-state index contributed by atoms with van der Waals surface area (Å²) >= 11 is 0. The molecule has 1 nitrogen and oxygen atoms in total. The second-order valence-electron chi connectivity index (χ2n) is 6.03. The van der Waals surface area contributed by atoms with Gasteiger partial charge in [0, 0.05) is 0 Å². The summed E-state index contributed by atoms with van der Waals surface area (Å²) in [5, 5.41) is 0. The van der Waals surface area contributed by atoms with Crippen molar-refractivity contribution in [3.63, 3.8) is 0 Å². The van der Waals surface area contributed by atoms with Gasteiger partial charge in [-0.05, 0) is 63.0 Å². The van der Waals surface area contributed by atoms with Crippen LogP contribution in [0, 0.1) is 0 Å². The number of hydrogen-bond acceptors (Lipinski definition) is 1. The first kappa shape index (κ1) is 16.5. The van der Waals surface area contributed by atoms with Crippen molar-refractivity contribution in [2.45, 2.75) is 25.7 Å². The van der Waals surface area contributed by atoms with Crippen molar-refractivity contribution in [1.29, 1.82) is 0 Å². The van der Waals surface area contributed by atoms with Gasteiger partial charge in [0.15, 0.2) is 0 Å². The number of benzene rings is 2. The molecule has 0 aliphatic rings. The van der Waals surface area contributed by atoms with Crippen molar-refractivity contribution >= 4 is 5.57 Å². The Bertz CT molecular complexity index is 555. The molecule has 0 atom stereocenters. The lowest BCUT2D eigenvalue weighted by molar-refractivity contribution is 0.403. The van der Waals surface area contributed by atoms with Crippen LogP contribution in [-0.4, -0.2) is 25.5 Å². The van der Waals surface area contributed by atoms with E-state index in [-0.39, 0.29) is 0 Å². The van der Waals surface area contributed by atoms with Crippen LogP contribution < -0.4 is 0 Å². The Balaban J connectivity index is 1.98. The monoisotopic (exact) mass is 293 g/mol. The Morgan fingerprint density at radius 1 is 0.909 bits per heavy atom. The first-order valence-electron chi connectivity index (χ1n) is 8.19. The molecule has 0 fully saturated rings. The van der Waals surface area contributed by atoms with Gasteiger partial charge in [0.05, 0.1) is 0 Å².